The third-order valence-electron chi connectivity index (χ3n) is 3.01. The summed E-state index contributed by atoms with van der Waals surface area (Å²) in [5, 5.41) is 12.8. The molecule has 3 rings (SSSR count). The molecule has 0 bridgehead atoms. The summed E-state index contributed by atoms with van der Waals surface area (Å²) in [7, 11) is 0. The van der Waals surface area contributed by atoms with E-state index in [1.54, 1.807) is 12.1 Å². The lowest BCUT2D eigenvalue weighted by Gasteiger charge is -2.00. The van der Waals surface area contributed by atoms with E-state index >= 15 is 0 Å². The van der Waals surface area contributed by atoms with E-state index in [0.29, 0.717) is 23.9 Å². The van der Waals surface area contributed by atoms with Crippen molar-refractivity contribution in [1.29, 1.82) is 0 Å². The van der Waals surface area contributed by atoms with Gasteiger partial charge in [-0.25, -0.2) is 4.79 Å². The number of aromatic nitrogens is 2. The van der Waals surface area contributed by atoms with Crippen molar-refractivity contribution < 1.29 is 19.2 Å². The van der Waals surface area contributed by atoms with Crippen LogP contribution in [0, 0.1) is 0 Å². The molecule has 0 spiro atoms. The maximum Gasteiger partial charge on any atom is 0.335 e. The molecule has 1 saturated heterocycles. The molecule has 0 amide bonds. The second-order valence-corrected chi connectivity index (χ2v) is 4.34. The maximum absolute atomic E-state index is 10.9. The van der Waals surface area contributed by atoms with Crippen LogP contribution in [0.1, 0.15) is 35.2 Å². The van der Waals surface area contributed by atoms with E-state index < -0.39 is 5.97 Å². The topological polar surface area (TPSA) is 85.5 Å². The Kier molecular flexibility index (Phi) is 3.00. The zero-order chi connectivity index (χ0) is 13.2. The van der Waals surface area contributed by atoms with Crippen LogP contribution in [-0.4, -0.2) is 27.8 Å². The predicted octanol–water partition coefficient (Wildman–Crippen LogP) is 2.29. The van der Waals surface area contributed by atoms with Gasteiger partial charge in [0, 0.05) is 12.2 Å². The normalized spacial score (nSPS) is 18.6. The first kappa shape index (κ1) is 11.9. The molecule has 19 heavy (non-hydrogen) atoms. The Bertz CT molecular complexity index is 602. The average molecular weight is 260 g/mol. The Morgan fingerprint density at radius 2 is 2.32 bits per heavy atom. The number of aromatic carboxylic acids is 1. The molecule has 98 valence electrons. The van der Waals surface area contributed by atoms with Gasteiger partial charge in [0.15, 0.2) is 0 Å². The summed E-state index contributed by atoms with van der Waals surface area (Å²) < 4.78 is 10.6. The molecule has 1 unspecified atom stereocenters. The summed E-state index contributed by atoms with van der Waals surface area (Å²) in [6, 6.07) is 6.44. The van der Waals surface area contributed by atoms with Gasteiger partial charge in [-0.05, 0) is 25.0 Å². The Morgan fingerprint density at radius 1 is 1.42 bits per heavy atom. The summed E-state index contributed by atoms with van der Waals surface area (Å²) in [5.74, 6) is -0.147. The number of hydrogen-bond acceptors (Lipinski definition) is 5. The molecule has 0 aliphatic carbocycles. The van der Waals surface area contributed by atoms with Gasteiger partial charge in [0.1, 0.15) is 6.10 Å². The first-order valence-electron chi connectivity index (χ1n) is 6.03. The number of ether oxygens (including phenoxy) is 1. The zero-order valence-electron chi connectivity index (χ0n) is 10.1. The number of rotatable bonds is 3. The van der Waals surface area contributed by atoms with Gasteiger partial charge in [0.2, 0.25) is 5.82 Å². The van der Waals surface area contributed by atoms with Crippen LogP contribution in [0.4, 0.5) is 0 Å². The number of hydrogen-bond donors (Lipinski definition) is 1. The van der Waals surface area contributed by atoms with Gasteiger partial charge in [-0.15, -0.1) is 0 Å². The van der Waals surface area contributed by atoms with E-state index in [4.69, 9.17) is 14.4 Å². The van der Waals surface area contributed by atoms with Crippen molar-refractivity contribution in [1.82, 2.24) is 10.1 Å². The van der Waals surface area contributed by atoms with Crippen LogP contribution in [0.5, 0.6) is 0 Å². The molecule has 0 saturated carbocycles. The number of carbonyl (C=O) groups is 1. The van der Waals surface area contributed by atoms with Gasteiger partial charge in [-0.3, -0.25) is 0 Å². The van der Waals surface area contributed by atoms with Crippen molar-refractivity contribution in [2.75, 3.05) is 6.61 Å². The number of benzene rings is 1. The molecule has 6 nitrogen and oxygen atoms in total. The molecule has 1 N–H and O–H groups in total. The van der Waals surface area contributed by atoms with Crippen molar-refractivity contribution in [3.63, 3.8) is 0 Å². The van der Waals surface area contributed by atoms with E-state index in [1.807, 2.05) is 0 Å². The molecular weight excluding hydrogens is 248 g/mol. The first-order chi connectivity index (χ1) is 9.24. The van der Waals surface area contributed by atoms with Gasteiger partial charge < -0.3 is 14.4 Å². The summed E-state index contributed by atoms with van der Waals surface area (Å²) in [6.45, 7) is 0.705. The molecule has 1 atom stereocenters. The minimum absolute atomic E-state index is 0.135. The molecule has 1 aromatic heterocycles. The fraction of sp³-hybridized carbons (Fsp3) is 0.308. The molecule has 0 radical (unpaired) electrons. The van der Waals surface area contributed by atoms with E-state index in [2.05, 4.69) is 10.1 Å². The molecule has 1 aromatic carbocycles. The number of nitrogens with zero attached hydrogens (tertiary/aromatic N) is 2. The lowest BCUT2D eigenvalue weighted by molar-refractivity contribution is 0.0697. The largest absolute Gasteiger partial charge is 0.478 e. The second kappa shape index (κ2) is 4.81. The molecule has 1 fully saturated rings. The third-order valence-corrected chi connectivity index (χ3v) is 3.01. The second-order valence-electron chi connectivity index (χ2n) is 4.34. The van der Waals surface area contributed by atoms with Crippen molar-refractivity contribution in [3.05, 3.63) is 35.7 Å². The first-order valence-corrected chi connectivity index (χ1v) is 6.03. The monoisotopic (exact) mass is 260 g/mol. The van der Waals surface area contributed by atoms with Gasteiger partial charge in [0.05, 0.1) is 5.56 Å². The molecule has 1 aliphatic rings. The predicted molar refractivity (Wildman–Crippen MR) is 64.6 cm³/mol. The Balaban J connectivity index is 1.89. The molecule has 6 heteroatoms. The van der Waals surface area contributed by atoms with Crippen LogP contribution in [0.2, 0.25) is 0 Å². The third kappa shape index (κ3) is 2.34. The van der Waals surface area contributed by atoms with E-state index in [-0.39, 0.29) is 11.7 Å². The Hall–Kier alpha value is -2.21. The summed E-state index contributed by atoms with van der Waals surface area (Å²) >= 11 is 0. The Labute approximate surface area is 109 Å². The SMILES string of the molecule is O=C(O)c1cccc(-c2noc(C3CCCO3)n2)c1. The highest BCUT2D eigenvalue weighted by Gasteiger charge is 2.24. The van der Waals surface area contributed by atoms with Gasteiger partial charge >= 0.3 is 5.97 Å². The van der Waals surface area contributed by atoms with Crippen LogP contribution < -0.4 is 0 Å². The standard InChI is InChI=1S/C13H12N2O4/c16-13(17)9-4-1-3-8(7-9)11-14-12(19-15-11)10-5-2-6-18-10/h1,3-4,7,10H,2,5-6H2,(H,16,17). The lowest BCUT2D eigenvalue weighted by Crippen LogP contribution is -1.97. The average Bonchev–Trinajstić information content (AvgIpc) is 3.09. The number of carboxylic acid groups (broad SMARTS) is 1. The maximum atomic E-state index is 10.9. The summed E-state index contributed by atoms with van der Waals surface area (Å²) in [6.07, 6.45) is 1.72. The van der Waals surface area contributed by atoms with Crippen LogP contribution in [0.25, 0.3) is 11.4 Å². The van der Waals surface area contributed by atoms with Gasteiger partial charge in [-0.1, -0.05) is 17.3 Å². The van der Waals surface area contributed by atoms with E-state index in [0.717, 1.165) is 12.8 Å². The molecular formula is C13H12N2O4. The Morgan fingerprint density at radius 3 is 3.05 bits per heavy atom. The highest BCUT2D eigenvalue weighted by Crippen LogP contribution is 2.28. The minimum Gasteiger partial charge on any atom is -0.478 e. The summed E-state index contributed by atoms with van der Waals surface area (Å²) in [4.78, 5) is 15.2. The van der Waals surface area contributed by atoms with Crippen molar-refractivity contribution >= 4 is 5.97 Å². The molecule has 1 aliphatic heterocycles. The van der Waals surface area contributed by atoms with Crippen molar-refractivity contribution in [2.45, 2.75) is 18.9 Å². The summed E-state index contributed by atoms with van der Waals surface area (Å²) in [5.41, 5.74) is 0.814. The van der Waals surface area contributed by atoms with E-state index in [1.165, 1.54) is 12.1 Å². The van der Waals surface area contributed by atoms with Crippen LogP contribution in [0.15, 0.2) is 28.8 Å². The van der Waals surface area contributed by atoms with Crippen LogP contribution >= 0.6 is 0 Å². The zero-order valence-corrected chi connectivity index (χ0v) is 10.1. The van der Waals surface area contributed by atoms with Gasteiger partial charge in [-0.2, -0.15) is 4.98 Å². The molecule has 2 aromatic rings. The highest BCUT2D eigenvalue weighted by molar-refractivity contribution is 5.89. The lowest BCUT2D eigenvalue weighted by atomic mass is 10.1. The smallest absolute Gasteiger partial charge is 0.335 e. The quantitative estimate of drug-likeness (QED) is 0.911. The van der Waals surface area contributed by atoms with Gasteiger partial charge in [0.25, 0.3) is 5.89 Å². The minimum atomic E-state index is -0.982. The van der Waals surface area contributed by atoms with Crippen LogP contribution in [-0.2, 0) is 4.74 Å². The number of carboxylic acids is 1. The highest BCUT2D eigenvalue weighted by atomic mass is 16.5. The van der Waals surface area contributed by atoms with Crippen LogP contribution in [0.3, 0.4) is 0 Å². The fourth-order valence-corrected chi connectivity index (χ4v) is 2.05. The molecule has 2 heterocycles. The van der Waals surface area contributed by atoms with Crippen molar-refractivity contribution in [3.8, 4) is 11.4 Å². The van der Waals surface area contributed by atoms with Crippen molar-refractivity contribution in [2.24, 2.45) is 0 Å². The fourth-order valence-electron chi connectivity index (χ4n) is 2.05. The van der Waals surface area contributed by atoms with E-state index in [9.17, 15) is 4.79 Å².